The number of rotatable bonds is 8. The number of fused-ring (bicyclic) bond motifs is 1. The van der Waals surface area contributed by atoms with Crippen LogP contribution in [0.5, 0.6) is 0 Å². The zero-order valence-electron chi connectivity index (χ0n) is 16.3. The van der Waals surface area contributed by atoms with E-state index in [1.807, 2.05) is 18.3 Å². The summed E-state index contributed by atoms with van der Waals surface area (Å²) in [7, 11) is 1.69. The Bertz CT molecular complexity index is 828. The molecule has 2 aromatic rings. The van der Waals surface area contributed by atoms with E-state index < -0.39 is 6.10 Å². The van der Waals surface area contributed by atoms with Gasteiger partial charge in [0.1, 0.15) is 11.9 Å². The Morgan fingerprint density at radius 1 is 1.43 bits per heavy atom. The summed E-state index contributed by atoms with van der Waals surface area (Å²) in [4.78, 5) is 14.8. The molecule has 152 valence electrons. The van der Waals surface area contributed by atoms with E-state index >= 15 is 0 Å². The fraction of sp³-hybridized carbons (Fsp3) is 0.571. The number of carbonyl (C=O) groups excluding carboxylic acids is 1. The number of benzene rings is 1. The van der Waals surface area contributed by atoms with Crippen LogP contribution in [0.3, 0.4) is 0 Å². The second kappa shape index (κ2) is 8.59. The van der Waals surface area contributed by atoms with E-state index in [-0.39, 0.29) is 24.3 Å². The van der Waals surface area contributed by atoms with Crippen LogP contribution in [0.15, 0.2) is 24.4 Å². The monoisotopic (exact) mass is 389 g/mol. The lowest BCUT2D eigenvalue weighted by molar-refractivity contribution is -0.146. The lowest BCUT2D eigenvalue weighted by Crippen LogP contribution is -2.49. The van der Waals surface area contributed by atoms with Crippen molar-refractivity contribution in [1.82, 2.24) is 14.8 Å². The van der Waals surface area contributed by atoms with Crippen molar-refractivity contribution in [2.45, 2.75) is 44.5 Å². The minimum atomic E-state index is -0.473. The number of ether oxygens (including phenoxy) is 2. The molecule has 2 fully saturated rings. The van der Waals surface area contributed by atoms with Gasteiger partial charge in [0.15, 0.2) is 0 Å². The van der Waals surface area contributed by atoms with Gasteiger partial charge in [-0.3, -0.25) is 4.79 Å². The zero-order chi connectivity index (χ0) is 19.5. The highest BCUT2D eigenvalue weighted by Gasteiger charge is 2.37. The standard InChI is InChI=1S/C21H28FN3O3/c1-27-9-2-7-24-8-5-15-11-18(22)16(12-19(15)24)14-25(17-3-4-17)21(26)20-13-23-6-10-28-20/h5,8,11-12,17,20,23H,2-4,6-7,9-10,13-14H2,1H3. The molecular formula is C21H28FN3O3. The van der Waals surface area contributed by atoms with Crippen LogP contribution in [0.4, 0.5) is 4.39 Å². The van der Waals surface area contributed by atoms with E-state index in [9.17, 15) is 9.18 Å². The Balaban J connectivity index is 1.55. The number of nitrogens with one attached hydrogen (secondary N) is 1. The van der Waals surface area contributed by atoms with Gasteiger partial charge in [0.2, 0.25) is 0 Å². The summed E-state index contributed by atoms with van der Waals surface area (Å²) in [5, 5.41) is 4.08. The number of aromatic nitrogens is 1. The highest BCUT2D eigenvalue weighted by molar-refractivity contribution is 5.83. The average molecular weight is 389 g/mol. The summed E-state index contributed by atoms with van der Waals surface area (Å²) < 4.78 is 27.7. The number of methoxy groups -OCH3 is 1. The third kappa shape index (κ3) is 4.21. The molecule has 1 unspecified atom stereocenters. The SMILES string of the molecule is COCCCn1ccc2cc(F)c(CN(C(=O)C3CNCCO3)C3CC3)cc21. The van der Waals surface area contributed by atoms with E-state index in [1.165, 1.54) is 0 Å². The Morgan fingerprint density at radius 3 is 3.00 bits per heavy atom. The summed E-state index contributed by atoms with van der Waals surface area (Å²) in [5.74, 6) is -0.298. The average Bonchev–Trinajstić information content (AvgIpc) is 3.49. The third-order valence-corrected chi connectivity index (χ3v) is 5.50. The minimum Gasteiger partial charge on any atom is -0.385 e. The molecule has 1 saturated carbocycles. The minimum absolute atomic E-state index is 0.0373. The van der Waals surface area contributed by atoms with Crippen LogP contribution in [0, 0.1) is 5.82 Å². The number of carbonyl (C=O) groups is 1. The fourth-order valence-electron chi connectivity index (χ4n) is 3.81. The molecule has 4 rings (SSSR count). The summed E-state index contributed by atoms with van der Waals surface area (Å²) in [6, 6.07) is 5.59. The highest BCUT2D eigenvalue weighted by Crippen LogP contribution is 2.31. The van der Waals surface area contributed by atoms with Gasteiger partial charge in [0.05, 0.1) is 6.61 Å². The van der Waals surface area contributed by atoms with Crippen LogP contribution in [-0.4, -0.2) is 60.9 Å². The molecule has 2 aliphatic rings. The first kappa shape index (κ1) is 19.4. The van der Waals surface area contributed by atoms with E-state index in [2.05, 4.69) is 9.88 Å². The summed E-state index contributed by atoms with van der Waals surface area (Å²) >= 11 is 0. The van der Waals surface area contributed by atoms with Gasteiger partial charge in [0.25, 0.3) is 5.91 Å². The number of amides is 1. The molecule has 0 spiro atoms. The number of aryl methyl sites for hydroxylation is 1. The van der Waals surface area contributed by atoms with Gasteiger partial charge in [-0.1, -0.05) is 0 Å². The predicted octanol–water partition coefficient (Wildman–Crippen LogP) is 2.30. The second-order valence-electron chi connectivity index (χ2n) is 7.62. The van der Waals surface area contributed by atoms with Gasteiger partial charge in [-0.05, 0) is 37.5 Å². The van der Waals surface area contributed by atoms with Gasteiger partial charge >= 0.3 is 0 Å². The Labute approximate surface area is 164 Å². The van der Waals surface area contributed by atoms with Crippen molar-refractivity contribution in [2.24, 2.45) is 0 Å². The van der Waals surface area contributed by atoms with Crippen molar-refractivity contribution in [2.75, 3.05) is 33.4 Å². The molecular weight excluding hydrogens is 361 g/mol. The van der Waals surface area contributed by atoms with Crippen LogP contribution >= 0.6 is 0 Å². The highest BCUT2D eigenvalue weighted by atomic mass is 19.1. The molecule has 0 bridgehead atoms. The molecule has 1 aromatic carbocycles. The first-order valence-electron chi connectivity index (χ1n) is 10.1. The molecule has 2 heterocycles. The number of nitrogens with zero attached hydrogens (tertiary/aromatic N) is 2. The maximum absolute atomic E-state index is 14.8. The first-order valence-corrected chi connectivity index (χ1v) is 10.1. The molecule has 7 heteroatoms. The van der Waals surface area contributed by atoms with Crippen LogP contribution in [0.25, 0.3) is 10.9 Å². The Hall–Kier alpha value is -1.96. The van der Waals surface area contributed by atoms with Crippen molar-refractivity contribution in [1.29, 1.82) is 0 Å². The van der Waals surface area contributed by atoms with Crippen LogP contribution in [0.2, 0.25) is 0 Å². The van der Waals surface area contributed by atoms with Crippen LogP contribution in [-0.2, 0) is 27.4 Å². The molecule has 1 aliphatic heterocycles. The molecule has 1 N–H and O–H groups in total. The quantitative estimate of drug-likeness (QED) is 0.704. The lowest BCUT2D eigenvalue weighted by Gasteiger charge is -2.30. The largest absolute Gasteiger partial charge is 0.385 e. The topological polar surface area (TPSA) is 55.7 Å². The number of halogens is 1. The van der Waals surface area contributed by atoms with Gasteiger partial charge in [0, 0.05) is 68.6 Å². The van der Waals surface area contributed by atoms with Crippen molar-refractivity contribution in [3.8, 4) is 0 Å². The Kier molecular flexibility index (Phi) is 5.94. The maximum atomic E-state index is 14.8. The van der Waals surface area contributed by atoms with Gasteiger partial charge in [-0.2, -0.15) is 0 Å². The lowest BCUT2D eigenvalue weighted by atomic mass is 10.1. The maximum Gasteiger partial charge on any atom is 0.253 e. The fourth-order valence-corrected chi connectivity index (χ4v) is 3.81. The summed E-state index contributed by atoms with van der Waals surface area (Å²) in [5.41, 5.74) is 1.55. The molecule has 1 saturated heterocycles. The van der Waals surface area contributed by atoms with Crippen molar-refractivity contribution in [3.63, 3.8) is 0 Å². The predicted molar refractivity (Wildman–Crippen MR) is 105 cm³/mol. The number of hydrogen-bond donors (Lipinski definition) is 1. The van der Waals surface area contributed by atoms with Gasteiger partial charge in [-0.25, -0.2) is 4.39 Å². The van der Waals surface area contributed by atoms with E-state index in [1.54, 1.807) is 18.1 Å². The molecule has 28 heavy (non-hydrogen) atoms. The third-order valence-electron chi connectivity index (χ3n) is 5.50. The number of hydrogen-bond acceptors (Lipinski definition) is 4. The normalized spacial score (nSPS) is 19.9. The van der Waals surface area contributed by atoms with Crippen molar-refractivity contribution < 1.29 is 18.7 Å². The van der Waals surface area contributed by atoms with Gasteiger partial charge < -0.3 is 24.3 Å². The van der Waals surface area contributed by atoms with Crippen molar-refractivity contribution in [3.05, 3.63) is 35.8 Å². The Morgan fingerprint density at radius 2 is 2.29 bits per heavy atom. The molecule has 6 nitrogen and oxygen atoms in total. The second-order valence-corrected chi connectivity index (χ2v) is 7.62. The van der Waals surface area contributed by atoms with E-state index in [4.69, 9.17) is 9.47 Å². The van der Waals surface area contributed by atoms with Crippen LogP contribution < -0.4 is 5.32 Å². The van der Waals surface area contributed by atoms with Crippen molar-refractivity contribution >= 4 is 16.8 Å². The van der Waals surface area contributed by atoms with Crippen LogP contribution in [0.1, 0.15) is 24.8 Å². The molecule has 1 atom stereocenters. The molecule has 1 aliphatic carbocycles. The molecule has 1 amide bonds. The smallest absolute Gasteiger partial charge is 0.253 e. The molecule has 0 radical (unpaired) electrons. The van der Waals surface area contributed by atoms with E-state index in [0.717, 1.165) is 43.3 Å². The first-order chi connectivity index (χ1) is 13.7. The summed E-state index contributed by atoms with van der Waals surface area (Å²) in [6.07, 6.45) is 4.35. The molecule has 1 aromatic heterocycles. The van der Waals surface area contributed by atoms with E-state index in [0.29, 0.717) is 25.3 Å². The number of morpholine rings is 1. The van der Waals surface area contributed by atoms with Gasteiger partial charge in [-0.15, -0.1) is 0 Å². The summed E-state index contributed by atoms with van der Waals surface area (Å²) in [6.45, 7) is 3.60. The zero-order valence-corrected chi connectivity index (χ0v) is 16.3.